The summed E-state index contributed by atoms with van der Waals surface area (Å²) >= 11 is 0. The third-order valence-electron chi connectivity index (χ3n) is 4.44. The van der Waals surface area contributed by atoms with Gasteiger partial charge in [-0.3, -0.25) is 9.69 Å². The van der Waals surface area contributed by atoms with Crippen LogP contribution in [0.15, 0.2) is 41.2 Å². The summed E-state index contributed by atoms with van der Waals surface area (Å²) in [6, 6.07) is 11.2. The molecule has 0 atom stereocenters. The first-order chi connectivity index (χ1) is 13.0. The van der Waals surface area contributed by atoms with Crippen molar-refractivity contribution in [3.63, 3.8) is 0 Å². The second-order valence-electron chi connectivity index (χ2n) is 6.29. The predicted molar refractivity (Wildman–Crippen MR) is 113 cm³/mol. The van der Waals surface area contributed by atoms with E-state index in [1.54, 1.807) is 19.2 Å². The fraction of sp³-hybridized carbons (Fsp3) is 0.300. The zero-order valence-corrected chi connectivity index (χ0v) is 17.0. The van der Waals surface area contributed by atoms with Crippen LogP contribution in [0.2, 0.25) is 0 Å². The fourth-order valence-corrected chi connectivity index (χ4v) is 3.03. The van der Waals surface area contributed by atoms with E-state index in [1.165, 1.54) is 7.11 Å². The summed E-state index contributed by atoms with van der Waals surface area (Å²) < 4.78 is 10.6. The van der Waals surface area contributed by atoms with E-state index in [4.69, 9.17) is 15.2 Å². The van der Waals surface area contributed by atoms with E-state index < -0.39 is 0 Å². The lowest BCUT2D eigenvalue weighted by molar-refractivity contribution is 0.264. The average molecular weight is 405 g/mol. The molecule has 0 aliphatic rings. The van der Waals surface area contributed by atoms with Crippen molar-refractivity contribution in [2.45, 2.75) is 20.0 Å². The van der Waals surface area contributed by atoms with Crippen LogP contribution in [0.5, 0.6) is 11.5 Å². The molecular weight excluding hydrogens is 380 g/mol. The molecule has 0 aliphatic heterocycles. The number of methoxy groups -OCH3 is 2. The molecule has 0 fully saturated rings. The highest BCUT2D eigenvalue weighted by molar-refractivity contribution is 5.85. The van der Waals surface area contributed by atoms with Gasteiger partial charge in [-0.1, -0.05) is 19.1 Å². The summed E-state index contributed by atoms with van der Waals surface area (Å²) in [4.78, 5) is 22.2. The van der Waals surface area contributed by atoms with Gasteiger partial charge in [0, 0.05) is 18.3 Å². The van der Waals surface area contributed by atoms with Gasteiger partial charge in [0.1, 0.15) is 5.82 Å². The Morgan fingerprint density at radius 1 is 1.11 bits per heavy atom. The average Bonchev–Trinajstić information content (AvgIpc) is 2.66. The van der Waals surface area contributed by atoms with Gasteiger partial charge in [-0.2, -0.15) is 0 Å². The Morgan fingerprint density at radius 3 is 2.46 bits per heavy atom. The number of hydrogen-bond acceptors (Lipinski definition) is 6. The van der Waals surface area contributed by atoms with Crippen LogP contribution >= 0.6 is 12.4 Å². The van der Waals surface area contributed by atoms with Crippen LogP contribution < -0.4 is 20.8 Å². The normalized spacial score (nSPS) is 10.7. The van der Waals surface area contributed by atoms with Gasteiger partial charge in [-0.25, -0.2) is 4.98 Å². The minimum Gasteiger partial charge on any atom is -0.493 e. The number of nitrogens with two attached hydrogens (primary N) is 1. The molecule has 0 aliphatic carbocycles. The topological polar surface area (TPSA) is 93.5 Å². The van der Waals surface area contributed by atoms with Crippen molar-refractivity contribution in [2.75, 3.05) is 26.5 Å². The van der Waals surface area contributed by atoms with E-state index in [-0.39, 0.29) is 18.0 Å². The highest BCUT2D eigenvalue weighted by Crippen LogP contribution is 2.30. The summed E-state index contributed by atoms with van der Waals surface area (Å²) in [5, 5.41) is 0.468. The number of anilines is 1. The van der Waals surface area contributed by atoms with Crippen molar-refractivity contribution in [3.8, 4) is 11.5 Å². The molecular formula is C20H25ClN4O3. The summed E-state index contributed by atoms with van der Waals surface area (Å²) in [5.41, 5.74) is 8.09. The monoisotopic (exact) mass is 404 g/mol. The van der Waals surface area contributed by atoms with Gasteiger partial charge in [-0.05, 0) is 30.3 Å². The number of nitrogens with one attached hydrogen (secondary N) is 1. The van der Waals surface area contributed by atoms with Crippen molar-refractivity contribution >= 4 is 29.0 Å². The Bertz CT molecular complexity index is 1010. The lowest BCUT2D eigenvalue weighted by Gasteiger charge is -2.20. The number of nitrogen functional groups attached to an aromatic ring is 1. The van der Waals surface area contributed by atoms with Crippen molar-refractivity contribution in [1.82, 2.24) is 14.9 Å². The van der Waals surface area contributed by atoms with Gasteiger partial charge in [0.25, 0.3) is 5.56 Å². The Hall–Kier alpha value is -2.77. The molecule has 8 heteroatoms. The highest BCUT2D eigenvalue weighted by Gasteiger charge is 2.13. The smallest absolute Gasteiger partial charge is 0.258 e. The number of hydrogen-bond donors (Lipinski definition) is 2. The summed E-state index contributed by atoms with van der Waals surface area (Å²) in [6.45, 7) is 4.11. The van der Waals surface area contributed by atoms with Crippen molar-refractivity contribution < 1.29 is 9.47 Å². The molecule has 2 aromatic carbocycles. The maximum absolute atomic E-state index is 12.5. The molecule has 3 rings (SSSR count). The largest absolute Gasteiger partial charge is 0.493 e. The van der Waals surface area contributed by atoms with Gasteiger partial charge >= 0.3 is 0 Å². The third kappa shape index (κ3) is 4.74. The molecule has 7 nitrogen and oxygen atoms in total. The van der Waals surface area contributed by atoms with E-state index in [0.29, 0.717) is 34.8 Å². The van der Waals surface area contributed by atoms with Crippen LogP contribution in [0, 0.1) is 0 Å². The first-order valence-electron chi connectivity index (χ1n) is 8.75. The quantitative estimate of drug-likeness (QED) is 0.588. The third-order valence-corrected chi connectivity index (χ3v) is 4.44. The predicted octanol–water partition coefficient (Wildman–Crippen LogP) is 2.97. The Morgan fingerprint density at radius 2 is 1.82 bits per heavy atom. The van der Waals surface area contributed by atoms with Gasteiger partial charge in [0.2, 0.25) is 0 Å². The van der Waals surface area contributed by atoms with E-state index in [2.05, 4.69) is 21.8 Å². The summed E-state index contributed by atoms with van der Waals surface area (Å²) in [5.74, 6) is 1.65. The minimum absolute atomic E-state index is 0. The summed E-state index contributed by atoms with van der Waals surface area (Å²) in [6.07, 6.45) is 0. The van der Waals surface area contributed by atoms with Crippen LogP contribution in [-0.4, -0.2) is 35.6 Å². The van der Waals surface area contributed by atoms with Crippen LogP contribution in [0.25, 0.3) is 10.9 Å². The van der Waals surface area contributed by atoms with Gasteiger partial charge in [-0.15, -0.1) is 12.4 Å². The lowest BCUT2D eigenvalue weighted by atomic mass is 10.2. The minimum atomic E-state index is -0.198. The van der Waals surface area contributed by atoms with E-state index in [9.17, 15) is 4.79 Å². The van der Waals surface area contributed by atoms with Gasteiger partial charge < -0.3 is 20.2 Å². The van der Waals surface area contributed by atoms with Crippen LogP contribution in [0.3, 0.4) is 0 Å². The fourth-order valence-electron chi connectivity index (χ4n) is 3.03. The van der Waals surface area contributed by atoms with Gasteiger partial charge in [0.15, 0.2) is 11.5 Å². The Balaban J connectivity index is 0.00000280. The molecule has 3 N–H and O–H groups in total. The number of aromatic nitrogens is 2. The molecule has 0 unspecified atom stereocenters. The Kier molecular flexibility index (Phi) is 7.25. The number of rotatable bonds is 7. The molecule has 1 aromatic heterocycles. The number of benzene rings is 2. The number of nitrogens with zero attached hydrogens (tertiary/aromatic N) is 2. The molecule has 0 saturated carbocycles. The Labute approximate surface area is 169 Å². The zero-order valence-electron chi connectivity index (χ0n) is 16.2. The standard InChI is InChI=1S/C20H24N4O3.ClH/c1-4-24(11-13-6-5-7-14(21)8-13)12-19-22-16-10-18(27-3)17(26-2)9-15(16)20(25)23-19;/h5-10H,4,11-12,21H2,1-3H3,(H,22,23,25);1H. The maximum atomic E-state index is 12.5. The number of aromatic amines is 1. The lowest BCUT2D eigenvalue weighted by Crippen LogP contribution is -2.25. The van der Waals surface area contributed by atoms with Crippen LogP contribution in [0.4, 0.5) is 5.69 Å². The molecule has 0 saturated heterocycles. The molecule has 0 radical (unpaired) electrons. The SMILES string of the molecule is CCN(Cc1cccc(N)c1)Cc1nc2cc(OC)c(OC)cc2c(=O)[nH]1.Cl. The zero-order chi connectivity index (χ0) is 19.4. The molecule has 0 spiro atoms. The van der Waals surface area contributed by atoms with Crippen molar-refractivity contribution in [3.05, 3.63) is 58.1 Å². The second-order valence-corrected chi connectivity index (χ2v) is 6.29. The van der Waals surface area contributed by atoms with E-state index in [1.807, 2.05) is 24.3 Å². The number of fused-ring (bicyclic) bond motifs is 1. The van der Waals surface area contributed by atoms with E-state index >= 15 is 0 Å². The number of halogens is 1. The molecule has 28 heavy (non-hydrogen) atoms. The molecule has 0 amide bonds. The highest BCUT2D eigenvalue weighted by atomic mass is 35.5. The number of ether oxygens (including phenoxy) is 2. The summed E-state index contributed by atoms with van der Waals surface area (Å²) in [7, 11) is 3.09. The van der Waals surface area contributed by atoms with Crippen molar-refractivity contribution in [1.29, 1.82) is 0 Å². The number of H-pyrrole nitrogens is 1. The van der Waals surface area contributed by atoms with Gasteiger partial charge in [0.05, 0.1) is 31.7 Å². The molecule has 0 bridgehead atoms. The maximum Gasteiger partial charge on any atom is 0.258 e. The van der Waals surface area contributed by atoms with Crippen LogP contribution in [0.1, 0.15) is 18.3 Å². The first-order valence-corrected chi connectivity index (χ1v) is 8.75. The first kappa shape index (κ1) is 21.5. The van der Waals surface area contributed by atoms with Crippen molar-refractivity contribution in [2.24, 2.45) is 0 Å². The molecule has 3 aromatic rings. The van der Waals surface area contributed by atoms with Crippen LogP contribution in [-0.2, 0) is 13.1 Å². The van der Waals surface area contributed by atoms with E-state index in [0.717, 1.165) is 24.3 Å². The molecule has 150 valence electrons. The second kappa shape index (κ2) is 9.43. The molecule has 1 heterocycles.